The molecule has 0 fully saturated rings. The summed E-state index contributed by atoms with van der Waals surface area (Å²) in [4.78, 5) is 0. The molecule has 1 unspecified atom stereocenters. The molecule has 1 atom stereocenters. The van der Waals surface area contributed by atoms with Crippen LogP contribution in [0.5, 0.6) is 0 Å². The Morgan fingerprint density at radius 3 is 2.21 bits per heavy atom. The first-order chi connectivity index (χ1) is 9.02. The fourth-order valence-electron chi connectivity index (χ4n) is 1.87. The molecule has 100 valence electrons. The highest BCUT2D eigenvalue weighted by Gasteiger charge is 2.20. The van der Waals surface area contributed by atoms with Gasteiger partial charge in [-0.2, -0.15) is 0 Å². The molecule has 0 saturated carbocycles. The minimum atomic E-state index is -0.945. The van der Waals surface area contributed by atoms with Crippen LogP contribution in [0.25, 0.3) is 0 Å². The summed E-state index contributed by atoms with van der Waals surface area (Å²) in [5, 5.41) is 0.118. The number of hydrazine groups is 1. The molecule has 0 bridgehead atoms. The van der Waals surface area contributed by atoms with Crippen LogP contribution in [0.2, 0.25) is 5.02 Å². The Kier molecular flexibility index (Phi) is 4.09. The van der Waals surface area contributed by atoms with Crippen molar-refractivity contribution in [3.8, 4) is 0 Å². The first kappa shape index (κ1) is 13.9. The Bertz CT molecular complexity index is 564. The topological polar surface area (TPSA) is 38.0 Å². The monoisotopic (exact) mass is 286 g/mol. The molecule has 6 heteroatoms. The second-order valence-corrected chi connectivity index (χ2v) is 4.34. The third-order valence-corrected chi connectivity index (χ3v) is 3.00. The van der Waals surface area contributed by atoms with E-state index in [-0.39, 0.29) is 16.1 Å². The van der Waals surface area contributed by atoms with E-state index in [1.165, 1.54) is 18.2 Å². The van der Waals surface area contributed by atoms with Gasteiger partial charge in [-0.1, -0.05) is 17.7 Å². The molecule has 19 heavy (non-hydrogen) atoms. The number of hydrogen-bond donors (Lipinski definition) is 2. The minimum Gasteiger partial charge on any atom is -0.271 e. The molecule has 0 spiro atoms. The van der Waals surface area contributed by atoms with Gasteiger partial charge in [-0.05, 0) is 29.8 Å². The van der Waals surface area contributed by atoms with E-state index < -0.39 is 23.5 Å². The summed E-state index contributed by atoms with van der Waals surface area (Å²) in [5.74, 6) is 3.19. The van der Waals surface area contributed by atoms with Gasteiger partial charge in [-0.25, -0.2) is 18.6 Å². The van der Waals surface area contributed by atoms with E-state index in [9.17, 15) is 13.2 Å². The Balaban J connectivity index is 2.56. The molecule has 2 aromatic carbocycles. The fraction of sp³-hybridized carbons (Fsp3) is 0.0769. The van der Waals surface area contributed by atoms with Crippen LogP contribution in [0.15, 0.2) is 36.4 Å². The maximum Gasteiger partial charge on any atom is 0.129 e. The number of rotatable bonds is 3. The minimum absolute atomic E-state index is 0.0386. The Morgan fingerprint density at radius 1 is 1.05 bits per heavy atom. The summed E-state index contributed by atoms with van der Waals surface area (Å²) in [6, 6.07) is 6.01. The van der Waals surface area contributed by atoms with Gasteiger partial charge >= 0.3 is 0 Å². The van der Waals surface area contributed by atoms with Gasteiger partial charge in [0, 0.05) is 16.7 Å². The smallest absolute Gasteiger partial charge is 0.129 e. The van der Waals surface area contributed by atoms with Crippen LogP contribution in [0.4, 0.5) is 13.2 Å². The summed E-state index contributed by atoms with van der Waals surface area (Å²) in [7, 11) is 0. The normalized spacial score (nSPS) is 12.5. The van der Waals surface area contributed by atoms with Gasteiger partial charge in [0.2, 0.25) is 0 Å². The molecular weight excluding hydrogens is 277 g/mol. The van der Waals surface area contributed by atoms with Crippen molar-refractivity contribution in [1.29, 1.82) is 0 Å². The van der Waals surface area contributed by atoms with Gasteiger partial charge in [-0.15, -0.1) is 0 Å². The zero-order chi connectivity index (χ0) is 14.0. The number of hydrogen-bond acceptors (Lipinski definition) is 2. The van der Waals surface area contributed by atoms with E-state index in [2.05, 4.69) is 5.43 Å². The lowest BCUT2D eigenvalue weighted by molar-refractivity contribution is 0.544. The Morgan fingerprint density at radius 2 is 1.68 bits per heavy atom. The molecule has 2 aromatic rings. The van der Waals surface area contributed by atoms with Crippen molar-refractivity contribution in [2.24, 2.45) is 5.84 Å². The van der Waals surface area contributed by atoms with Gasteiger partial charge in [0.1, 0.15) is 17.5 Å². The van der Waals surface area contributed by atoms with Crippen molar-refractivity contribution >= 4 is 11.6 Å². The van der Waals surface area contributed by atoms with Crippen LogP contribution in [-0.2, 0) is 0 Å². The fourth-order valence-corrected chi connectivity index (χ4v) is 2.15. The molecule has 3 N–H and O–H groups in total. The first-order valence-corrected chi connectivity index (χ1v) is 5.76. The predicted octanol–water partition coefficient (Wildman–Crippen LogP) is 3.31. The molecule has 2 rings (SSSR count). The zero-order valence-corrected chi connectivity index (χ0v) is 10.4. The first-order valence-electron chi connectivity index (χ1n) is 5.39. The summed E-state index contributed by atoms with van der Waals surface area (Å²) < 4.78 is 40.2. The lowest BCUT2D eigenvalue weighted by atomic mass is 9.98. The van der Waals surface area contributed by atoms with Gasteiger partial charge in [-0.3, -0.25) is 5.84 Å². The number of benzene rings is 2. The van der Waals surface area contributed by atoms with Crippen molar-refractivity contribution in [3.05, 3.63) is 70.0 Å². The van der Waals surface area contributed by atoms with Crippen molar-refractivity contribution in [2.45, 2.75) is 6.04 Å². The van der Waals surface area contributed by atoms with E-state index in [0.717, 1.165) is 18.2 Å². The summed E-state index contributed by atoms with van der Waals surface area (Å²) in [6.07, 6.45) is 0. The second kappa shape index (κ2) is 5.61. The van der Waals surface area contributed by atoms with E-state index >= 15 is 0 Å². The van der Waals surface area contributed by atoms with Gasteiger partial charge in [0.25, 0.3) is 0 Å². The second-order valence-electron chi connectivity index (χ2n) is 3.94. The van der Waals surface area contributed by atoms with Crippen LogP contribution in [0, 0.1) is 17.5 Å². The molecular formula is C13H10ClF3N2. The lowest BCUT2D eigenvalue weighted by Crippen LogP contribution is -2.30. The maximum atomic E-state index is 13.8. The molecule has 2 nitrogen and oxygen atoms in total. The average molecular weight is 287 g/mol. The number of halogens is 4. The van der Waals surface area contributed by atoms with Gasteiger partial charge in [0.05, 0.1) is 6.04 Å². The predicted molar refractivity (Wildman–Crippen MR) is 66.9 cm³/mol. The molecule has 0 aliphatic heterocycles. The van der Waals surface area contributed by atoms with Crippen molar-refractivity contribution in [3.63, 3.8) is 0 Å². The van der Waals surface area contributed by atoms with Crippen LogP contribution in [-0.4, -0.2) is 0 Å². The van der Waals surface area contributed by atoms with Gasteiger partial charge < -0.3 is 0 Å². The van der Waals surface area contributed by atoms with Crippen LogP contribution < -0.4 is 11.3 Å². The molecule has 0 amide bonds. The van der Waals surface area contributed by atoms with E-state index in [1.807, 2.05) is 0 Å². The number of nitrogens with one attached hydrogen (secondary N) is 1. The summed E-state index contributed by atoms with van der Waals surface area (Å²) >= 11 is 5.91. The standard InChI is InChI=1S/C13H10ClF3N2/c14-10-2-1-3-11(17)12(10)13(19-18)7-4-8(15)6-9(16)5-7/h1-6,13,19H,18H2. The van der Waals surface area contributed by atoms with E-state index in [0.29, 0.717) is 0 Å². The lowest BCUT2D eigenvalue weighted by Gasteiger charge is -2.19. The zero-order valence-electron chi connectivity index (χ0n) is 9.63. The molecule has 0 heterocycles. The summed E-state index contributed by atoms with van der Waals surface area (Å²) in [5.41, 5.74) is 2.50. The van der Waals surface area contributed by atoms with Crippen molar-refractivity contribution in [1.82, 2.24) is 5.43 Å². The quantitative estimate of drug-likeness (QED) is 0.671. The van der Waals surface area contributed by atoms with Crippen LogP contribution in [0.3, 0.4) is 0 Å². The number of nitrogens with two attached hydrogens (primary N) is 1. The van der Waals surface area contributed by atoms with Crippen LogP contribution >= 0.6 is 11.6 Å². The molecule has 0 aliphatic rings. The highest BCUT2D eigenvalue weighted by Crippen LogP contribution is 2.30. The van der Waals surface area contributed by atoms with Crippen molar-refractivity contribution in [2.75, 3.05) is 0 Å². The van der Waals surface area contributed by atoms with Gasteiger partial charge in [0.15, 0.2) is 0 Å². The highest BCUT2D eigenvalue weighted by molar-refractivity contribution is 6.31. The van der Waals surface area contributed by atoms with Crippen LogP contribution in [0.1, 0.15) is 17.2 Å². The Hall–Kier alpha value is -1.56. The third kappa shape index (κ3) is 2.89. The molecule has 0 aliphatic carbocycles. The maximum absolute atomic E-state index is 13.8. The Labute approximate surface area is 113 Å². The van der Waals surface area contributed by atoms with Crippen molar-refractivity contribution < 1.29 is 13.2 Å². The largest absolute Gasteiger partial charge is 0.271 e. The average Bonchev–Trinajstić information content (AvgIpc) is 2.32. The molecule has 0 radical (unpaired) electrons. The van der Waals surface area contributed by atoms with E-state index in [1.54, 1.807) is 0 Å². The molecule has 0 saturated heterocycles. The summed E-state index contributed by atoms with van der Waals surface area (Å²) in [6.45, 7) is 0. The third-order valence-electron chi connectivity index (χ3n) is 2.67. The molecule has 0 aromatic heterocycles. The van der Waals surface area contributed by atoms with E-state index in [4.69, 9.17) is 17.4 Å². The SMILES string of the molecule is NNC(c1cc(F)cc(F)c1)c1c(F)cccc1Cl. The highest BCUT2D eigenvalue weighted by atomic mass is 35.5.